The Morgan fingerprint density at radius 2 is 2.00 bits per heavy atom. The molecular formula is C8H8N2O2S. The van der Waals surface area contributed by atoms with Crippen molar-refractivity contribution >= 4 is 28.8 Å². The van der Waals surface area contributed by atoms with Gasteiger partial charge in [-0.15, -0.1) is 0 Å². The van der Waals surface area contributed by atoms with Crippen molar-refractivity contribution in [3.63, 3.8) is 0 Å². The minimum absolute atomic E-state index is 0.234. The van der Waals surface area contributed by atoms with Crippen LogP contribution in [0.25, 0.3) is 0 Å². The largest absolute Gasteiger partial charge is 0.352 e. The van der Waals surface area contributed by atoms with Crippen molar-refractivity contribution in [1.29, 1.82) is 0 Å². The molecule has 0 spiro atoms. The van der Waals surface area contributed by atoms with Gasteiger partial charge in [0, 0.05) is 11.1 Å². The molecule has 1 N–H and O–H groups in total. The van der Waals surface area contributed by atoms with E-state index in [2.05, 4.69) is 5.32 Å². The number of amides is 2. The summed E-state index contributed by atoms with van der Waals surface area (Å²) in [7, 11) is 0. The van der Waals surface area contributed by atoms with Gasteiger partial charge in [0.2, 0.25) is 11.8 Å². The van der Waals surface area contributed by atoms with E-state index in [9.17, 15) is 9.59 Å². The van der Waals surface area contributed by atoms with Crippen LogP contribution in [-0.2, 0) is 9.59 Å². The Kier molecular flexibility index (Phi) is 2.02. The highest BCUT2D eigenvalue weighted by molar-refractivity contribution is 7.08. The number of rotatable bonds is 1. The van der Waals surface area contributed by atoms with Crippen LogP contribution in [0.15, 0.2) is 16.8 Å². The second-order valence-corrected chi connectivity index (χ2v) is 3.59. The Morgan fingerprint density at radius 3 is 2.54 bits per heavy atom. The average molecular weight is 196 g/mol. The monoisotopic (exact) mass is 196 g/mol. The molecule has 2 amide bonds. The Hall–Kier alpha value is -1.36. The molecule has 0 aliphatic carbocycles. The number of nitrogens with one attached hydrogen (secondary N) is 1. The Balaban J connectivity index is 2.16. The molecule has 13 heavy (non-hydrogen) atoms. The summed E-state index contributed by atoms with van der Waals surface area (Å²) < 4.78 is 0. The second kappa shape index (κ2) is 3.18. The number of imide groups is 1. The lowest BCUT2D eigenvalue weighted by Gasteiger charge is -2.26. The molecule has 0 unspecified atom stereocenters. The Labute approximate surface area is 79.2 Å². The first-order valence-electron chi connectivity index (χ1n) is 3.85. The highest BCUT2D eigenvalue weighted by Gasteiger charge is 2.22. The SMILES string of the molecule is O=C1CN(c2ccsc2)CC(=O)N1. The number of nitrogens with zero attached hydrogens (tertiary/aromatic N) is 1. The van der Waals surface area contributed by atoms with Gasteiger partial charge >= 0.3 is 0 Å². The van der Waals surface area contributed by atoms with Gasteiger partial charge in [-0.3, -0.25) is 14.9 Å². The lowest BCUT2D eigenvalue weighted by atomic mass is 10.3. The number of thiophene rings is 1. The van der Waals surface area contributed by atoms with Crippen molar-refractivity contribution in [2.45, 2.75) is 0 Å². The average Bonchev–Trinajstić information content (AvgIpc) is 2.53. The van der Waals surface area contributed by atoms with Crippen molar-refractivity contribution in [3.8, 4) is 0 Å². The molecule has 1 saturated heterocycles. The minimum atomic E-state index is -0.234. The van der Waals surface area contributed by atoms with Gasteiger partial charge in [0.1, 0.15) is 0 Å². The number of anilines is 1. The molecule has 1 aromatic rings. The third-order valence-electron chi connectivity index (χ3n) is 1.82. The zero-order chi connectivity index (χ0) is 9.26. The van der Waals surface area contributed by atoms with Gasteiger partial charge in [0.25, 0.3) is 0 Å². The summed E-state index contributed by atoms with van der Waals surface area (Å²) in [5.41, 5.74) is 0.938. The van der Waals surface area contributed by atoms with Crippen molar-refractivity contribution in [2.75, 3.05) is 18.0 Å². The molecule has 1 aromatic heterocycles. The van der Waals surface area contributed by atoms with Gasteiger partial charge in [0.15, 0.2) is 0 Å². The first-order valence-corrected chi connectivity index (χ1v) is 4.80. The molecule has 0 radical (unpaired) electrons. The van der Waals surface area contributed by atoms with Crippen LogP contribution < -0.4 is 10.2 Å². The molecule has 68 valence electrons. The fourth-order valence-electron chi connectivity index (χ4n) is 1.26. The third-order valence-corrected chi connectivity index (χ3v) is 2.49. The quantitative estimate of drug-likeness (QED) is 0.653. The number of carbonyl (C=O) groups is 2. The lowest BCUT2D eigenvalue weighted by Crippen LogP contribution is -2.51. The smallest absolute Gasteiger partial charge is 0.246 e. The molecule has 1 fully saturated rings. The van der Waals surface area contributed by atoms with E-state index >= 15 is 0 Å². The summed E-state index contributed by atoms with van der Waals surface area (Å²) in [6, 6.07) is 1.90. The van der Waals surface area contributed by atoms with Crippen LogP contribution in [0.5, 0.6) is 0 Å². The normalized spacial score (nSPS) is 17.4. The van der Waals surface area contributed by atoms with Crippen molar-refractivity contribution < 1.29 is 9.59 Å². The Bertz CT molecular complexity index is 318. The first kappa shape index (κ1) is 8.25. The molecule has 1 aliphatic rings. The van der Waals surface area contributed by atoms with Gasteiger partial charge in [-0.2, -0.15) is 11.3 Å². The molecule has 2 heterocycles. The minimum Gasteiger partial charge on any atom is -0.352 e. The van der Waals surface area contributed by atoms with E-state index in [1.54, 1.807) is 16.2 Å². The van der Waals surface area contributed by atoms with Gasteiger partial charge in [0.05, 0.1) is 13.1 Å². The van der Waals surface area contributed by atoms with Gasteiger partial charge < -0.3 is 4.90 Å². The van der Waals surface area contributed by atoms with E-state index in [4.69, 9.17) is 0 Å². The van der Waals surface area contributed by atoms with Gasteiger partial charge in [-0.25, -0.2) is 0 Å². The van der Waals surface area contributed by atoms with Crippen LogP contribution in [0.4, 0.5) is 5.69 Å². The van der Waals surface area contributed by atoms with E-state index in [1.807, 2.05) is 16.8 Å². The topological polar surface area (TPSA) is 49.4 Å². The zero-order valence-corrected chi connectivity index (χ0v) is 7.63. The highest BCUT2D eigenvalue weighted by Crippen LogP contribution is 2.18. The third kappa shape index (κ3) is 1.70. The Morgan fingerprint density at radius 1 is 1.31 bits per heavy atom. The molecule has 5 heteroatoms. The summed E-state index contributed by atoms with van der Waals surface area (Å²) in [6.07, 6.45) is 0. The zero-order valence-electron chi connectivity index (χ0n) is 6.82. The van der Waals surface area contributed by atoms with Crippen LogP contribution in [0.3, 0.4) is 0 Å². The van der Waals surface area contributed by atoms with E-state index < -0.39 is 0 Å². The maximum Gasteiger partial charge on any atom is 0.246 e. The number of hydrogen-bond donors (Lipinski definition) is 1. The van der Waals surface area contributed by atoms with Crippen LogP contribution in [0.2, 0.25) is 0 Å². The van der Waals surface area contributed by atoms with Crippen LogP contribution in [-0.4, -0.2) is 24.9 Å². The van der Waals surface area contributed by atoms with E-state index in [0.717, 1.165) is 5.69 Å². The van der Waals surface area contributed by atoms with Crippen molar-refractivity contribution in [2.24, 2.45) is 0 Å². The van der Waals surface area contributed by atoms with Gasteiger partial charge in [-0.1, -0.05) is 0 Å². The predicted molar refractivity (Wildman–Crippen MR) is 49.7 cm³/mol. The van der Waals surface area contributed by atoms with Gasteiger partial charge in [-0.05, 0) is 11.4 Å². The summed E-state index contributed by atoms with van der Waals surface area (Å²) in [5, 5.41) is 6.10. The summed E-state index contributed by atoms with van der Waals surface area (Å²) in [4.78, 5) is 23.8. The summed E-state index contributed by atoms with van der Waals surface area (Å²) in [5.74, 6) is -0.468. The molecule has 1 aliphatic heterocycles. The molecule has 4 nitrogen and oxygen atoms in total. The molecule has 2 rings (SSSR count). The number of hydrogen-bond acceptors (Lipinski definition) is 4. The maximum absolute atomic E-state index is 11.0. The highest BCUT2D eigenvalue weighted by atomic mass is 32.1. The van der Waals surface area contributed by atoms with Crippen molar-refractivity contribution in [3.05, 3.63) is 16.8 Å². The fourth-order valence-corrected chi connectivity index (χ4v) is 1.92. The maximum atomic E-state index is 11.0. The first-order chi connectivity index (χ1) is 6.25. The van der Waals surface area contributed by atoms with Crippen LogP contribution >= 0.6 is 11.3 Å². The van der Waals surface area contributed by atoms with Crippen molar-refractivity contribution in [1.82, 2.24) is 5.32 Å². The van der Waals surface area contributed by atoms with E-state index in [0.29, 0.717) is 0 Å². The van der Waals surface area contributed by atoms with Crippen LogP contribution in [0, 0.1) is 0 Å². The van der Waals surface area contributed by atoms with E-state index in [1.165, 1.54) is 0 Å². The molecule has 0 aromatic carbocycles. The molecule has 0 saturated carbocycles. The molecule has 0 bridgehead atoms. The summed E-state index contributed by atoms with van der Waals surface area (Å²) in [6.45, 7) is 0.533. The van der Waals surface area contributed by atoms with Crippen LogP contribution in [0.1, 0.15) is 0 Å². The standard InChI is InChI=1S/C8H8N2O2S/c11-7-3-10(4-8(12)9-7)6-1-2-13-5-6/h1-2,5H,3-4H2,(H,9,11,12). The number of carbonyl (C=O) groups excluding carboxylic acids is 2. The molecule has 0 atom stereocenters. The van der Waals surface area contributed by atoms with E-state index in [-0.39, 0.29) is 24.9 Å². The lowest BCUT2D eigenvalue weighted by molar-refractivity contribution is -0.130. The molecular weight excluding hydrogens is 188 g/mol. The fraction of sp³-hybridized carbons (Fsp3) is 0.250. The predicted octanol–water partition coefficient (Wildman–Crippen LogP) is 0.211. The summed E-state index contributed by atoms with van der Waals surface area (Å²) >= 11 is 1.55. The second-order valence-electron chi connectivity index (χ2n) is 2.81. The number of piperazine rings is 1.